The summed E-state index contributed by atoms with van der Waals surface area (Å²) < 4.78 is 5.08. The maximum Gasteiger partial charge on any atom is 0.305 e. The van der Waals surface area contributed by atoms with Crippen LogP contribution < -0.4 is 10.5 Å². The highest BCUT2D eigenvalue weighted by atomic mass is 16.5. The molecule has 0 saturated heterocycles. The minimum absolute atomic E-state index is 0.0977. The highest BCUT2D eigenvalue weighted by molar-refractivity contribution is 5.97. The topological polar surface area (TPSA) is 92.9 Å². The van der Waals surface area contributed by atoms with E-state index in [-0.39, 0.29) is 18.9 Å². The number of nitrogens with zero attached hydrogens (tertiary/aromatic N) is 1. The number of hydrogen-bond donors (Lipinski definition) is 2. The van der Waals surface area contributed by atoms with E-state index in [1.54, 1.807) is 25.2 Å². The number of amides is 1. The predicted molar refractivity (Wildman–Crippen MR) is 66.6 cm³/mol. The zero-order valence-corrected chi connectivity index (χ0v) is 10.3. The van der Waals surface area contributed by atoms with Gasteiger partial charge in [-0.15, -0.1) is 0 Å². The number of rotatable bonds is 5. The first kappa shape index (κ1) is 13.8. The van der Waals surface area contributed by atoms with Crippen LogP contribution in [0.5, 0.6) is 5.75 Å². The SMILES string of the molecule is COc1cc(N)ccc1C(=O)N(C)CCC(=O)O. The highest BCUT2D eigenvalue weighted by Crippen LogP contribution is 2.22. The van der Waals surface area contributed by atoms with Crippen LogP contribution in [-0.2, 0) is 4.79 Å². The van der Waals surface area contributed by atoms with Gasteiger partial charge in [0.25, 0.3) is 5.91 Å². The highest BCUT2D eigenvalue weighted by Gasteiger charge is 2.17. The Balaban J connectivity index is 2.86. The summed E-state index contributed by atoms with van der Waals surface area (Å²) in [4.78, 5) is 23.8. The Hall–Kier alpha value is -2.24. The molecule has 1 aromatic rings. The lowest BCUT2D eigenvalue weighted by molar-refractivity contribution is -0.137. The first-order valence-corrected chi connectivity index (χ1v) is 5.36. The number of carboxylic acids is 1. The molecule has 1 rings (SSSR count). The second-order valence-electron chi connectivity index (χ2n) is 3.83. The summed E-state index contributed by atoms with van der Waals surface area (Å²) in [5.41, 5.74) is 6.45. The van der Waals surface area contributed by atoms with E-state index < -0.39 is 5.97 Å². The molecular formula is C12H16N2O4. The Morgan fingerprint density at radius 3 is 2.67 bits per heavy atom. The normalized spacial score (nSPS) is 9.89. The van der Waals surface area contributed by atoms with Crippen LogP contribution in [-0.4, -0.2) is 42.6 Å². The molecule has 0 aromatic heterocycles. The van der Waals surface area contributed by atoms with Crippen molar-refractivity contribution in [1.29, 1.82) is 0 Å². The van der Waals surface area contributed by atoms with E-state index in [4.69, 9.17) is 15.6 Å². The zero-order valence-electron chi connectivity index (χ0n) is 10.3. The van der Waals surface area contributed by atoms with E-state index in [1.807, 2.05) is 0 Å². The van der Waals surface area contributed by atoms with Gasteiger partial charge in [0.2, 0.25) is 0 Å². The maximum absolute atomic E-state index is 12.1. The number of benzene rings is 1. The number of methoxy groups -OCH3 is 1. The van der Waals surface area contributed by atoms with E-state index in [1.165, 1.54) is 12.0 Å². The van der Waals surface area contributed by atoms with Crippen LogP contribution in [0.3, 0.4) is 0 Å². The van der Waals surface area contributed by atoms with Gasteiger partial charge in [-0.1, -0.05) is 0 Å². The second kappa shape index (κ2) is 5.90. The summed E-state index contributed by atoms with van der Waals surface area (Å²) in [6.07, 6.45) is -0.0977. The van der Waals surface area contributed by atoms with Crippen LogP contribution >= 0.6 is 0 Å². The molecule has 6 heteroatoms. The monoisotopic (exact) mass is 252 g/mol. The van der Waals surface area contributed by atoms with Crippen LogP contribution in [0, 0.1) is 0 Å². The standard InChI is InChI=1S/C12H16N2O4/c1-14(6-5-11(15)16)12(17)9-4-3-8(13)7-10(9)18-2/h3-4,7H,5-6,13H2,1-2H3,(H,15,16). The molecule has 0 radical (unpaired) electrons. The Morgan fingerprint density at radius 1 is 1.44 bits per heavy atom. The van der Waals surface area contributed by atoms with Crippen molar-refractivity contribution in [1.82, 2.24) is 4.90 Å². The number of nitrogens with two attached hydrogens (primary N) is 1. The van der Waals surface area contributed by atoms with Crippen LogP contribution in [0.2, 0.25) is 0 Å². The summed E-state index contributed by atoms with van der Waals surface area (Å²) in [7, 11) is 2.99. The van der Waals surface area contributed by atoms with Crippen molar-refractivity contribution >= 4 is 17.6 Å². The fraction of sp³-hybridized carbons (Fsp3) is 0.333. The molecule has 0 aliphatic rings. The number of nitrogen functional groups attached to an aromatic ring is 1. The largest absolute Gasteiger partial charge is 0.496 e. The van der Waals surface area contributed by atoms with E-state index >= 15 is 0 Å². The number of anilines is 1. The first-order valence-electron chi connectivity index (χ1n) is 5.36. The average Bonchev–Trinajstić information content (AvgIpc) is 2.34. The van der Waals surface area contributed by atoms with Crippen molar-refractivity contribution in [2.75, 3.05) is 26.4 Å². The second-order valence-corrected chi connectivity index (χ2v) is 3.83. The smallest absolute Gasteiger partial charge is 0.305 e. The van der Waals surface area contributed by atoms with Crippen LogP contribution in [0.15, 0.2) is 18.2 Å². The molecule has 0 aliphatic carbocycles. The number of hydrogen-bond acceptors (Lipinski definition) is 4. The van der Waals surface area contributed by atoms with Crippen molar-refractivity contribution in [3.63, 3.8) is 0 Å². The molecular weight excluding hydrogens is 236 g/mol. The Morgan fingerprint density at radius 2 is 2.11 bits per heavy atom. The van der Waals surface area contributed by atoms with Crippen molar-refractivity contribution in [3.05, 3.63) is 23.8 Å². The first-order chi connectivity index (χ1) is 8.45. The van der Waals surface area contributed by atoms with E-state index in [0.29, 0.717) is 17.0 Å². The van der Waals surface area contributed by atoms with Crippen molar-refractivity contribution in [3.8, 4) is 5.75 Å². The van der Waals surface area contributed by atoms with Gasteiger partial charge in [0.05, 0.1) is 19.1 Å². The van der Waals surface area contributed by atoms with Crippen LogP contribution in [0.25, 0.3) is 0 Å². The van der Waals surface area contributed by atoms with Gasteiger partial charge in [-0.3, -0.25) is 9.59 Å². The molecule has 98 valence electrons. The van der Waals surface area contributed by atoms with Gasteiger partial charge < -0.3 is 20.5 Å². The minimum atomic E-state index is -0.945. The molecule has 0 aliphatic heterocycles. The van der Waals surface area contributed by atoms with E-state index in [9.17, 15) is 9.59 Å². The summed E-state index contributed by atoms with van der Waals surface area (Å²) in [6.45, 7) is 0.141. The molecule has 0 fully saturated rings. The summed E-state index contributed by atoms with van der Waals surface area (Å²) in [5, 5.41) is 8.57. The lowest BCUT2D eigenvalue weighted by Crippen LogP contribution is -2.29. The Bertz CT molecular complexity index is 459. The fourth-order valence-corrected chi connectivity index (χ4v) is 1.46. The number of carbonyl (C=O) groups excluding carboxylic acids is 1. The summed E-state index contributed by atoms with van der Waals surface area (Å²) >= 11 is 0. The van der Waals surface area contributed by atoms with Gasteiger partial charge in [-0.05, 0) is 12.1 Å². The third-order valence-corrected chi connectivity index (χ3v) is 2.46. The van der Waals surface area contributed by atoms with Crippen molar-refractivity contribution in [2.45, 2.75) is 6.42 Å². The van der Waals surface area contributed by atoms with Gasteiger partial charge >= 0.3 is 5.97 Å². The third-order valence-electron chi connectivity index (χ3n) is 2.46. The quantitative estimate of drug-likeness (QED) is 0.757. The number of carbonyl (C=O) groups is 2. The molecule has 1 aromatic carbocycles. The lowest BCUT2D eigenvalue weighted by atomic mass is 10.1. The molecule has 18 heavy (non-hydrogen) atoms. The number of aliphatic carboxylic acids is 1. The molecule has 0 spiro atoms. The number of ether oxygens (including phenoxy) is 1. The summed E-state index contributed by atoms with van der Waals surface area (Å²) in [5.74, 6) is -0.866. The Labute approximate surface area is 105 Å². The van der Waals surface area contributed by atoms with Gasteiger partial charge in [-0.2, -0.15) is 0 Å². The molecule has 3 N–H and O–H groups in total. The number of carboxylic acid groups (broad SMARTS) is 1. The van der Waals surface area contributed by atoms with Gasteiger partial charge in [-0.25, -0.2) is 0 Å². The van der Waals surface area contributed by atoms with E-state index in [0.717, 1.165) is 0 Å². The zero-order chi connectivity index (χ0) is 13.7. The van der Waals surface area contributed by atoms with E-state index in [2.05, 4.69) is 0 Å². The van der Waals surface area contributed by atoms with Crippen LogP contribution in [0.4, 0.5) is 5.69 Å². The Kier molecular flexibility index (Phi) is 4.53. The van der Waals surface area contributed by atoms with Gasteiger partial charge in [0, 0.05) is 25.3 Å². The lowest BCUT2D eigenvalue weighted by Gasteiger charge is -2.17. The molecule has 0 atom stereocenters. The summed E-state index contributed by atoms with van der Waals surface area (Å²) in [6, 6.07) is 4.72. The molecule has 0 heterocycles. The molecule has 0 saturated carbocycles. The minimum Gasteiger partial charge on any atom is -0.496 e. The average molecular weight is 252 g/mol. The van der Waals surface area contributed by atoms with Gasteiger partial charge in [0.15, 0.2) is 0 Å². The van der Waals surface area contributed by atoms with Gasteiger partial charge in [0.1, 0.15) is 5.75 Å². The predicted octanol–water partition coefficient (Wildman–Crippen LogP) is 0.824. The molecule has 1 amide bonds. The molecule has 0 bridgehead atoms. The van der Waals surface area contributed by atoms with Crippen LogP contribution in [0.1, 0.15) is 16.8 Å². The maximum atomic E-state index is 12.1. The molecule has 0 unspecified atom stereocenters. The third kappa shape index (κ3) is 3.38. The van der Waals surface area contributed by atoms with Crippen molar-refractivity contribution in [2.24, 2.45) is 0 Å². The fourth-order valence-electron chi connectivity index (χ4n) is 1.46. The van der Waals surface area contributed by atoms with Crippen molar-refractivity contribution < 1.29 is 19.4 Å². The molecule has 6 nitrogen and oxygen atoms in total.